The Bertz CT molecular complexity index is 592. The van der Waals surface area contributed by atoms with Crippen LogP contribution in [-0.4, -0.2) is 21.3 Å². The van der Waals surface area contributed by atoms with Crippen LogP contribution in [0.5, 0.6) is 0 Å². The van der Waals surface area contributed by atoms with E-state index in [9.17, 15) is 13.2 Å². The largest absolute Gasteiger partial charge is 0.416 e. The Morgan fingerprint density at radius 1 is 1.33 bits per heavy atom. The molecule has 0 fully saturated rings. The molecule has 1 aromatic heterocycles. The minimum Gasteiger partial charge on any atom is -0.310 e. The summed E-state index contributed by atoms with van der Waals surface area (Å²) in [7, 11) is 1.79. The molecule has 114 valence electrons. The molecule has 21 heavy (non-hydrogen) atoms. The van der Waals surface area contributed by atoms with Gasteiger partial charge in [0.25, 0.3) is 0 Å². The molecule has 7 heteroatoms. The minimum absolute atomic E-state index is 0.170. The maximum Gasteiger partial charge on any atom is 0.416 e. The highest BCUT2D eigenvalue weighted by Gasteiger charge is 2.30. The molecule has 0 radical (unpaired) electrons. The van der Waals surface area contributed by atoms with Crippen molar-refractivity contribution in [2.75, 3.05) is 6.54 Å². The summed E-state index contributed by atoms with van der Waals surface area (Å²) in [6.45, 7) is 2.43. The van der Waals surface area contributed by atoms with Gasteiger partial charge in [-0.25, -0.2) is 4.98 Å². The maximum absolute atomic E-state index is 12.7. The van der Waals surface area contributed by atoms with Gasteiger partial charge >= 0.3 is 6.18 Å². The molecular weight excluding hydrogens is 281 g/mol. The van der Waals surface area contributed by atoms with E-state index >= 15 is 0 Å². The smallest absolute Gasteiger partial charge is 0.310 e. The van der Waals surface area contributed by atoms with E-state index in [1.807, 2.05) is 6.92 Å². The summed E-state index contributed by atoms with van der Waals surface area (Å²) in [5.74, 6) is 0.709. The van der Waals surface area contributed by atoms with Crippen molar-refractivity contribution < 1.29 is 13.2 Å². The summed E-state index contributed by atoms with van der Waals surface area (Å²) in [6.07, 6.45) is -2.07. The Morgan fingerprint density at radius 2 is 2.10 bits per heavy atom. The van der Waals surface area contributed by atoms with Crippen molar-refractivity contribution in [3.05, 3.63) is 47.5 Å². The Hall–Kier alpha value is -1.89. The predicted molar refractivity (Wildman–Crippen MR) is 72.6 cm³/mol. The molecular formula is C14H17F3N4. The number of aromatic nitrogens is 3. The minimum atomic E-state index is -4.31. The molecule has 0 amide bonds. The van der Waals surface area contributed by atoms with Crippen LogP contribution in [0.1, 0.15) is 29.9 Å². The highest BCUT2D eigenvalue weighted by molar-refractivity contribution is 5.27. The fourth-order valence-corrected chi connectivity index (χ4v) is 2.00. The quantitative estimate of drug-likeness (QED) is 0.923. The molecule has 0 saturated carbocycles. The molecule has 4 nitrogen and oxygen atoms in total. The van der Waals surface area contributed by atoms with E-state index in [4.69, 9.17) is 0 Å². The van der Waals surface area contributed by atoms with Crippen LogP contribution in [0.25, 0.3) is 0 Å². The first-order chi connectivity index (χ1) is 9.86. The third-order valence-electron chi connectivity index (χ3n) is 3.16. The highest BCUT2D eigenvalue weighted by Crippen LogP contribution is 2.30. The average molecular weight is 298 g/mol. The predicted octanol–water partition coefficient (Wildman–Crippen LogP) is 2.73. The molecule has 1 aromatic carbocycles. The van der Waals surface area contributed by atoms with Gasteiger partial charge in [-0.3, -0.25) is 4.68 Å². The van der Waals surface area contributed by atoms with Gasteiger partial charge in [-0.05, 0) is 24.6 Å². The summed E-state index contributed by atoms with van der Waals surface area (Å²) in [6, 6.07) is 5.20. The van der Waals surface area contributed by atoms with Crippen LogP contribution in [0.15, 0.2) is 30.6 Å². The number of aryl methyl sites for hydroxylation is 1. The summed E-state index contributed by atoms with van der Waals surface area (Å²) in [4.78, 5) is 4.09. The third kappa shape index (κ3) is 4.29. The first-order valence-electron chi connectivity index (χ1n) is 6.61. The number of nitrogens with zero attached hydrogens (tertiary/aromatic N) is 3. The van der Waals surface area contributed by atoms with Crippen LogP contribution in [0.2, 0.25) is 0 Å². The fourth-order valence-electron chi connectivity index (χ4n) is 2.00. The number of halogens is 3. The topological polar surface area (TPSA) is 42.7 Å². The molecule has 0 spiro atoms. The van der Waals surface area contributed by atoms with Gasteiger partial charge in [0.1, 0.15) is 6.33 Å². The lowest BCUT2D eigenvalue weighted by molar-refractivity contribution is -0.137. The number of benzene rings is 1. The van der Waals surface area contributed by atoms with Gasteiger partial charge in [0.2, 0.25) is 0 Å². The second kappa shape index (κ2) is 6.26. The van der Waals surface area contributed by atoms with Gasteiger partial charge in [0.05, 0.1) is 5.56 Å². The zero-order valence-electron chi connectivity index (χ0n) is 11.9. The Kier molecular flexibility index (Phi) is 4.62. The standard InChI is InChI=1S/C14H17F3N4/c1-10(18-7-6-13-19-9-21(2)20-13)11-4-3-5-12(8-11)14(15,16)17/h3-5,8-10,18H,6-7H2,1-2H3. The molecule has 1 atom stereocenters. The fraction of sp³-hybridized carbons (Fsp3) is 0.429. The van der Waals surface area contributed by atoms with Crippen LogP contribution >= 0.6 is 0 Å². The third-order valence-corrected chi connectivity index (χ3v) is 3.16. The van der Waals surface area contributed by atoms with Crippen LogP contribution in [0, 0.1) is 0 Å². The normalized spacial score (nSPS) is 13.4. The number of hydrogen-bond donors (Lipinski definition) is 1. The zero-order valence-corrected chi connectivity index (χ0v) is 11.9. The van der Waals surface area contributed by atoms with Crippen LogP contribution < -0.4 is 5.32 Å². The van der Waals surface area contributed by atoms with Crippen molar-refractivity contribution in [1.82, 2.24) is 20.1 Å². The highest BCUT2D eigenvalue weighted by atomic mass is 19.4. The van der Waals surface area contributed by atoms with Crippen molar-refractivity contribution in [2.45, 2.75) is 25.6 Å². The van der Waals surface area contributed by atoms with Gasteiger partial charge in [0, 0.05) is 26.1 Å². The molecule has 0 bridgehead atoms. The number of alkyl halides is 3. The summed E-state index contributed by atoms with van der Waals surface area (Å²) >= 11 is 0. The Morgan fingerprint density at radius 3 is 2.71 bits per heavy atom. The molecule has 0 aliphatic heterocycles. The molecule has 2 rings (SSSR count). The summed E-state index contributed by atoms with van der Waals surface area (Å²) in [5, 5.41) is 7.32. The summed E-state index contributed by atoms with van der Waals surface area (Å²) in [5.41, 5.74) is -0.0150. The van der Waals surface area contributed by atoms with E-state index in [1.165, 1.54) is 12.1 Å². The van der Waals surface area contributed by atoms with E-state index in [1.54, 1.807) is 24.1 Å². The van der Waals surface area contributed by atoms with Crippen molar-refractivity contribution in [3.8, 4) is 0 Å². The van der Waals surface area contributed by atoms with E-state index in [2.05, 4.69) is 15.4 Å². The zero-order chi connectivity index (χ0) is 15.5. The molecule has 0 aliphatic rings. The van der Waals surface area contributed by atoms with Crippen LogP contribution in [-0.2, 0) is 19.6 Å². The molecule has 0 saturated heterocycles. The van der Waals surface area contributed by atoms with E-state index in [0.29, 0.717) is 24.4 Å². The second-order valence-electron chi connectivity index (χ2n) is 4.88. The lowest BCUT2D eigenvalue weighted by Gasteiger charge is -2.15. The van der Waals surface area contributed by atoms with Crippen molar-refractivity contribution in [1.29, 1.82) is 0 Å². The second-order valence-corrected chi connectivity index (χ2v) is 4.88. The van der Waals surface area contributed by atoms with Crippen molar-refractivity contribution in [2.24, 2.45) is 7.05 Å². The van der Waals surface area contributed by atoms with Gasteiger partial charge in [-0.1, -0.05) is 12.1 Å². The van der Waals surface area contributed by atoms with Gasteiger partial charge in [-0.2, -0.15) is 18.3 Å². The maximum atomic E-state index is 12.7. The van der Waals surface area contributed by atoms with E-state index in [-0.39, 0.29) is 6.04 Å². The van der Waals surface area contributed by atoms with Crippen LogP contribution in [0.4, 0.5) is 13.2 Å². The number of rotatable bonds is 5. The molecule has 0 aliphatic carbocycles. The average Bonchev–Trinajstić information content (AvgIpc) is 2.83. The number of nitrogens with one attached hydrogen (secondary N) is 1. The van der Waals surface area contributed by atoms with E-state index in [0.717, 1.165) is 6.07 Å². The molecule has 2 aromatic rings. The first kappa shape index (κ1) is 15.5. The van der Waals surface area contributed by atoms with Gasteiger partial charge in [-0.15, -0.1) is 0 Å². The SMILES string of the molecule is CC(NCCc1ncn(C)n1)c1cccc(C(F)(F)F)c1. The molecule has 1 unspecified atom stereocenters. The van der Waals surface area contributed by atoms with Crippen LogP contribution in [0.3, 0.4) is 0 Å². The van der Waals surface area contributed by atoms with Crippen molar-refractivity contribution in [3.63, 3.8) is 0 Å². The molecule has 1 N–H and O–H groups in total. The van der Waals surface area contributed by atoms with Crippen molar-refractivity contribution >= 4 is 0 Å². The van der Waals surface area contributed by atoms with Gasteiger partial charge < -0.3 is 5.32 Å². The van der Waals surface area contributed by atoms with Gasteiger partial charge in [0.15, 0.2) is 5.82 Å². The lowest BCUT2D eigenvalue weighted by Crippen LogP contribution is -2.22. The Labute approximate surface area is 121 Å². The summed E-state index contributed by atoms with van der Waals surface area (Å²) < 4.78 is 39.6. The lowest BCUT2D eigenvalue weighted by atomic mass is 10.0. The monoisotopic (exact) mass is 298 g/mol. The number of hydrogen-bond acceptors (Lipinski definition) is 3. The molecule has 1 heterocycles. The van der Waals surface area contributed by atoms with E-state index < -0.39 is 11.7 Å². The Balaban J connectivity index is 1.92. The first-order valence-corrected chi connectivity index (χ1v) is 6.61.